The van der Waals surface area contributed by atoms with Crippen LogP contribution in [0.25, 0.3) is 0 Å². The Hall–Kier alpha value is -1.92. The molecule has 0 aliphatic heterocycles. The minimum absolute atomic E-state index is 0.0125. The Kier molecular flexibility index (Phi) is 64.9. The zero-order valence-corrected chi connectivity index (χ0v) is 52.0. The molecular weight excluding hydrogens is 947 g/mol. The smallest absolute Gasteiger partial charge is 0.305 e. The van der Waals surface area contributed by atoms with Crippen molar-refractivity contribution in [2.45, 2.75) is 392 Å². The van der Waals surface area contributed by atoms with Crippen molar-refractivity contribution in [1.82, 2.24) is 5.32 Å². The fourth-order valence-electron chi connectivity index (χ4n) is 10.8. The molecule has 0 aliphatic rings. The molecule has 2 unspecified atom stereocenters. The van der Waals surface area contributed by atoms with E-state index in [9.17, 15) is 19.8 Å². The van der Waals surface area contributed by atoms with Gasteiger partial charge >= 0.3 is 5.97 Å². The molecule has 6 heteroatoms. The van der Waals surface area contributed by atoms with Gasteiger partial charge in [-0.15, -0.1) is 0 Å². The lowest BCUT2D eigenvalue weighted by Crippen LogP contribution is -2.45. The van der Waals surface area contributed by atoms with E-state index in [-0.39, 0.29) is 18.5 Å². The van der Waals surface area contributed by atoms with Crippen molar-refractivity contribution in [1.29, 1.82) is 0 Å². The summed E-state index contributed by atoms with van der Waals surface area (Å²) in [7, 11) is 0. The lowest BCUT2D eigenvalue weighted by atomic mass is 10.0. The summed E-state index contributed by atoms with van der Waals surface area (Å²) >= 11 is 0. The molecule has 6 nitrogen and oxygen atoms in total. The van der Waals surface area contributed by atoms with Crippen molar-refractivity contribution >= 4 is 11.9 Å². The highest BCUT2D eigenvalue weighted by atomic mass is 16.5. The first-order valence-electron chi connectivity index (χ1n) is 34.8. The van der Waals surface area contributed by atoms with E-state index in [0.29, 0.717) is 19.4 Å². The molecule has 3 N–H and O–H groups in total. The van der Waals surface area contributed by atoms with Crippen LogP contribution >= 0.6 is 0 Å². The number of esters is 1. The molecule has 0 heterocycles. The second-order valence-electron chi connectivity index (χ2n) is 23.9. The van der Waals surface area contributed by atoms with Crippen molar-refractivity contribution in [3.05, 3.63) is 36.5 Å². The molecule has 0 aromatic heterocycles. The standard InChI is InChI=1S/C71H135NO5/c1-3-5-7-9-11-13-15-17-19-32-37-41-45-49-53-57-61-65-71(76)77-66-62-58-54-50-46-42-38-34-31-29-27-25-23-21-20-22-24-26-28-30-33-36-40-44-48-52-56-60-64-70(75)72-68(67-73)69(74)63-59-55-51-47-43-39-35-18-16-14-12-10-8-6-4-2/h17,19-21,59,63,68-69,73-74H,3-16,18,22-58,60-62,64-67H2,1-2H3,(H,72,75)/b19-17-,21-20-,63-59+. The van der Waals surface area contributed by atoms with E-state index in [1.54, 1.807) is 6.08 Å². The molecular formula is C71H135NO5. The van der Waals surface area contributed by atoms with Crippen molar-refractivity contribution in [3.63, 3.8) is 0 Å². The predicted octanol–water partition coefficient (Wildman–Crippen LogP) is 22.3. The van der Waals surface area contributed by atoms with Gasteiger partial charge < -0.3 is 20.3 Å². The van der Waals surface area contributed by atoms with E-state index < -0.39 is 12.1 Å². The zero-order valence-electron chi connectivity index (χ0n) is 52.0. The molecule has 0 aliphatic carbocycles. The number of aliphatic hydroxyl groups is 2. The summed E-state index contributed by atoms with van der Waals surface area (Å²) in [4.78, 5) is 24.6. The van der Waals surface area contributed by atoms with Gasteiger partial charge in [0.25, 0.3) is 0 Å². The Morgan fingerprint density at radius 2 is 0.610 bits per heavy atom. The summed E-state index contributed by atoms with van der Waals surface area (Å²) < 4.78 is 5.50. The Bertz CT molecular complexity index is 1250. The van der Waals surface area contributed by atoms with Gasteiger partial charge in [-0.1, -0.05) is 320 Å². The highest BCUT2D eigenvalue weighted by Gasteiger charge is 2.18. The molecule has 0 saturated heterocycles. The third kappa shape index (κ3) is 63.1. The molecule has 0 saturated carbocycles. The van der Waals surface area contributed by atoms with E-state index in [1.807, 2.05) is 6.08 Å². The molecule has 0 aromatic carbocycles. The lowest BCUT2D eigenvalue weighted by Gasteiger charge is -2.20. The van der Waals surface area contributed by atoms with Crippen molar-refractivity contribution in [2.24, 2.45) is 0 Å². The summed E-state index contributed by atoms with van der Waals surface area (Å²) in [6.07, 6.45) is 85.0. The highest BCUT2D eigenvalue weighted by molar-refractivity contribution is 5.76. The monoisotopic (exact) mass is 1080 g/mol. The van der Waals surface area contributed by atoms with Crippen LogP contribution in [0.15, 0.2) is 36.5 Å². The minimum Gasteiger partial charge on any atom is -0.466 e. The molecule has 2 atom stereocenters. The van der Waals surface area contributed by atoms with Gasteiger partial charge in [-0.25, -0.2) is 0 Å². The van der Waals surface area contributed by atoms with Crippen LogP contribution in [-0.2, 0) is 14.3 Å². The van der Waals surface area contributed by atoms with Crippen LogP contribution in [0.4, 0.5) is 0 Å². The third-order valence-corrected chi connectivity index (χ3v) is 16.1. The van der Waals surface area contributed by atoms with E-state index in [1.165, 1.54) is 308 Å². The predicted molar refractivity (Wildman–Crippen MR) is 338 cm³/mol. The Labute approximate surface area is 481 Å². The number of nitrogens with one attached hydrogen (secondary N) is 1. The first kappa shape index (κ1) is 75.1. The van der Waals surface area contributed by atoms with E-state index >= 15 is 0 Å². The third-order valence-electron chi connectivity index (χ3n) is 16.1. The van der Waals surface area contributed by atoms with Crippen LogP contribution < -0.4 is 5.32 Å². The number of hydrogen-bond acceptors (Lipinski definition) is 5. The Morgan fingerprint density at radius 3 is 0.922 bits per heavy atom. The molecule has 0 aromatic rings. The maximum absolute atomic E-state index is 12.5. The molecule has 1 amide bonds. The van der Waals surface area contributed by atoms with Crippen LogP contribution in [0.3, 0.4) is 0 Å². The molecule has 0 bridgehead atoms. The van der Waals surface area contributed by atoms with Crippen LogP contribution in [-0.4, -0.2) is 47.4 Å². The minimum atomic E-state index is -0.844. The summed E-state index contributed by atoms with van der Waals surface area (Å²) in [5, 5.41) is 23.2. The molecule has 0 rings (SSSR count). The summed E-state index contributed by atoms with van der Waals surface area (Å²) in [6, 6.07) is -0.628. The zero-order chi connectivity index (χ0) is 55.7. The first-order chi connectivity index (χ1) is 38.0. The number of aliphatic hydroxyl groups excluding tert-OH is 2. The highest BCUT2D eigenvalue weighted by Crippen LogP contribution is 2.18. The molecule has 0 radical (unpaired) electrons. The van der Waals surface area contributed by atoms with Crippen molar-refractivity contribution in [3.8, 4) is 0 Å². The average Bonchev–Trinajstić information content (AvgIpc) is 3.43. The van der Waals surface area contributed by atoms with Gasteiger partial charge in [-0.3, -0.25) is 9.59 Å². The molecule has 0 spiro atoms. The van der Waals surface area contributed by atoms with Gasteiger partial charge in [0.05, 0.1) is 25.4 Å². The summed E-state index contributed by atoms with van der Waals surface area (Å²) in [5.41, 5.74) is 0. The van der Waals surface area contributed by atoms with Gasteiger partial charge in [0.15, 0.2) is 0 Å². The number of carbonyl (C=O) groups is 2. The van der Waals surface area contributed by atoms with Gasteiger partial charge in [0, 0.05) is 12.8 Å². The second-order valence-corrected chi connectivity index (χ2v) is 23.9. The maximum atomic E-state index is 12.5. The number of carbonyl (C=O) groups excluding carboxylic acids is 2. The lowest BCUT2D eigenvalue weighted by molar-refractivity contribution is -0.143. The van der Waals surface area contributed by atoms with Crippen molar-refractivity contribution in [2.75, 3.05) is 13.2 Å². The fourth-order valence-corrected chi connectivity index (χ4v) is 10.8. The van der Waals surface area contributed by atoms with E-state index in [0.717, 1.165) is 44.9 Å². The number of rotatable bonds is 65. The largest absolute Gasteiger partial charge is 0.466 e. The molecule has 454 valence electrons. The molecule has 0 fully saturated rings. The Morgan fingerprint density at radius 1 is 0.351 bits per heavy atom. The second kappa shape index (κ2) is 66.6. The normalized spacial score (nSPS) is 12.7. The van der Waals surface area contributed by atoms with Crippen LogP contribution in [0.2, 0.25) is 0 Å². The summed E-state index contributed by atoms with van der Waals surface area (Å²) in [6.45, 7) is 4.92. The van der Waals surface area contributed by atoms with Gasteiger partial charge in [0.2, 0.25) is 5.91 Å². The SMILES string of the molecule is CCCCCCCC/C=C\CCCCCCCCCC(=O)OCCCCCCCCCCCCCC/C=C\CCCCCCCCCCCCCCC(=O)NC(CO)C(O)/C=C/CCCCCCCCCCCCCCC. The number of unbranched alkanes of at least 4 members (excludes halogenated alkanes) is 50. The van der Waals surface area contributed by atoms with E-state index in [4.69, 9.17) is 4.74 Å². The van der Waals surface area contributed by atoms with E-state index in [2.05, 4.69) is 43.5 Å². The number of ether oxygens (including phenoxy) is 1. The van der Waals surface area contributed by atoms with Crippen molar-refractivity contribution < 1.29 is 24.5 Å². The van der Waals surface area contributed by atoms with Gasteiger partial charge in [0.1, 0.15) is 0 Å². The van der Waals surface area contributed by atoms with Crippen LogP contribution in [0, 0.1) is 0 Å². The quantitative estimate of drug-likeness (QED) is 0.0320. The molecule has 77 heavy (non-hydrogen) atoms. The fraction of sp³-hybridized carbons (Fsp3) is 0.887. The number of allylic oxidation sites excluding steroid dienone is 5. The number of amides is 1. The maximum Gasteiger partial charge on any atom is 0.305 e. The van der Waals surface area contributed by atoms with Crippen LogP contribution in [0.5, 0.6) is 0 Å². The first-order valence-corrected chi connectivity index (χ1v) is 34.8. The Balaban J connectivity index is 3.38. The van der Waals surface area contributed by atoms with Gasteiger partial charge in [-0.05, 0) is 83.5 Å². The number of hydrogen-bond donors (Lipinski definition) is 3. The van der Waals surface area contributed by atoms with Crippen LogP contribution in [0.1, 0.15) is 380 Å². The topological polar surface area (TPSA) is 95.9 Å². The average molecular weight is 1080 g/mol. The van der Waals surface area contributed by atoms with Gasteiger partial charge in [-0.2, -0.15) is 0 Å². The summed E-state index contributed by atoms with van der Waals surface area (Å²) in [5.74, 6) is -0.0536.